The van der Waals surface area contributed by atoms with Crippen molar-refractivity contribution in [3.63, 3.8) is 0 Å². The predicted octanol–water partition coefficient (Wildman–Crippen LogP) is 2.87. The van der Waals surface area contributed by atoms with E-state index in [4.69, 9.17) is 14.7 Å². The summed E-state index contributed by atoms with van der Waals surface area (Å²) in [5, 5.41) is 3.56. The molecule has 1 saturated heterocycles. The average molecular weight is 561 g/mol. The van der Waals surface area contributed by atoms with Crippen LogP contribution in [0.3, 0.4) is 0 Å². The second-order valence-corrected chi connectivity index (χ2v) is 12.0. The molecule has 0 aromatic carbocycles. The number of sulfone groups is 1. The Labute approximate surface area is 231 Å². The second kappa shape index (κ2) is 10.4. The van der Waals surface area contributed by atoms with Crippen molar-refractivity contribution >= 4 is 38.4 Å². The van der Waals surface area contributed by atoms with Crippen LogP contribution < -0.4 is 10.2 Å². The first kappa shape index (κ1) is 27.3. The van der Waals surface area contributed by atoms with E-state index in [-0.39, 0.29) is 22.9 Å². The first-order valence-electron chi connectivity index (χ1n) is 12.6. The Morgan fingerprint density at radius 3 is 2.62 bits per heavy atom. The van der Waals surface area contributed by atoms with Gasteiger partial charge in [-0.2, -0.15) is 0 Å². The molecule has 11 nitrogen and oxygen atoms in total. The molecule has 0 bridgehead atoms. The number of rotatable bonds is 6. The van der Waals surface area contributed by atoms with Crippen molar-refractivity contribution in [2.24, 2.45) is 0 Å². The van der Waals surface area contributed by atoms with Crippen LogP contribution in [0.15, 0.2) is 59.8 Å². The number of aryl methyl sites for hydroxylation is 1. The van der Waals surface area contributed by atoms with Crippen molar-refractivity contribution in [3.8, 4) is 11.4 Å². The molecule has 0 spiro atoms. The summed E-state index contributed by atoms with van der Waals surface area (Å²) < 4.78 is 29.6. The largest absolute Gasteiger partial charge is 0.364 e. The zero-order valence-electron chi connectivity index (χ0n) is 22.5. The number of nitrogens with one attached hydrogen (secondary N) is 1. The van der Waals surface area contributed by atoms with Gasteiger partial charge in [-0.3, -0.25) is 24.5 Å². The summed E-state index contributed by atoms with van der Waals surface area (Å²) in [6.45, 7) is 6.01. The van der Waals surface area contributed by atoms with Crippen LogP contribution in [0.5, 0.6) is 0 Å². The minimum atomic E-state index is -3.52. The van der Waals surface area contributed by atoms with E-state index >= 15 is 0 Å². The normalized spacial score (nSPS) is 15.3. The highest BCUT2D eigenvalue weighted by Gasteiger charge is 2.38. The third kappa shape index (κ3) is 5.54. The fourth-order valence-electron chi connectivity index (χ4n) is 4.40. The quantitative estimate of drug-likeness (QED) is 0.376. The van der Waals surface area contributed by atoms with Gasteiger partial charge in [-0.15, -0.1) is 0 Å². The van der Waals surface area contributed by atoms with Crippen LogP contribution in [0.1, 0.15) is 35.6 Å². The Hall–Kier alpha value is -4.29. The molecule has 5 heterocycles. The molecule has 5 rings (SSSR count). The average Bonchev–Trinajstić information content (AvgIpc) is 2.92. The van der Waals surface area contributed by atoms with Crippen molar-refractivity contribution in [2.45, 2.75) is 37.8 Å². The molecule has 1 fully saturated rings. The highest BCUT2D eigenvalue weighted by Crippen LogP contribution is 2.26. The SMILES string of the molecule is Cc1ncc(C(=O)NCc2cc3nc(-c4cccc(N5CCOC(C)(C)C5=O)n4)ccc3cn2)cc1S(C)(=O)=O. The number of ether oxygens (including phenoxy) is 1. The van der Waals surface area contributed by atoms with Gasteiger partial charge in [-0.05, 0) is 57.2 Å². The van der Waals surface area contributed by atoms with E-state index in [1.54, 1.807) is 44.0 Å². The fraction of sp³-hybridized carbons (Fsp3) is 0.286. The second-order valence-electron chi connectivity index (χ2n) is 10.0. The van der Waals surface area contributed by atoms with E-state index in [0.29, 0.717) is 47.3 Å². The lowest BCUT2D eigenvalue weighted by atomic mass is 10.1. The maximum absolute atomic E-state index is 12.9. The van der Waals surface area contributed by atoms with Crippen molar-refractivity contribution in [1.29, 1.82) is 0 Å². The highest BCUT2D eigenvalue weighted by molar-refractivity contribution is 7.90. The zero-order chi connectivity index (χ0) is 28.7. The van der Waals surface area contributed by atoms with Crippen LogP contribution in [0, 0.1) is 6.92 Å². The van der Waals surface area contributed by atoms with E-state index in [0.717, 1.165) is 11.6 Å². The van der Waals surface area contributed by atoms with Gasteiger partial charge < -0.3 is 10.1 Å². The molecule has 0 unspecified atom stereocenters. The van der Waals surface area contributed by atoms with E-state index in [1.165, 1.54) is 12.3 Å². The molecule has 4 aromatic heterocycles. The van der Waals surface area contributed by atoms with Crippen molar-refractivity contribution in [2.75, 3.05) is 24.3 Å². The Bertz CT molecular complexity index is 1760. The molecule has 1 N–H and O–H groups in total. The smallest absolute Gasteiger partial charge is 0.259 e. The van der Waals surface area contributed by atoms with Crippen molar-refractivity contribution < 1.29 is 22.7 Å². The number of morpholine rings is 1. The van der Waals surface area contributed by atoms with Crippen LogP contribution in [0.25, 0.3) is 22.3 Å². The first-order valence-corrected chi connectivity index (χ1v) is 14.5. The van der Waals surface area contributed by atoms with Gasteiger partial charge in [0.15, 0.2) is 9.84 Å². The molecule has 0 aliphatic carbocycles. The summed E-state index contributed by atoms with van der Waals surface area (Å²) in [5.41, 5.74) is 2.01. The van der Waals surface area contributed by atoms with E-state index in [1.807, 2.05) is 24.3 Å². The number of nitrogens with zero attached hydrogens (tertiary/aromatic N) is 5. The summed E-state index contributed by atoms with van der Waals surface area (Å²) in [6.07, 6.45) is 4.09. The van der Waals surface area contributed by atoms with Gasteiger partial charge in [-0.1, -0.05) is 6.07 Å². The molecule has 4 aromatic rings. The summed E-state index contributed by atoms with van der Waals surface area (Å²) in [4.78, 5) is 45.1. The maximum Gasteiger partial charge on any atom is 0.259 e. The lowest BCUT2D eigenvalue weighted by Gasteiger charge is -2.36. The van der Waals surface area contributed by atoms with Gasteiger partial charge in [0.1, 0.15) is 11.4 Å². The molecular weight excluding hydrogens is 532 g/mol. The lowest BCUT2D eigenvalue weighted by molar-refractivity contribution is -0.144. The van der Waals surface area contributed by atoms with Gasteiger partial charge in [0.25, 0.3) is 11.8 Å². The Morgan fingerprint density at radius 2 is 1.85 bits per heavy atom. The summed E-state index contributed by atoms with van der Waals surface area (Å²) in [5.74, 6) is -0.0898. The Kier molecular flexibility index (Phi) is 7.06. The standard InChI is InChI=1S/C28H28N6O5S/c1-17-24(40(4,37)38)12-19(15-29-17)26(35)31-16-20-13-23-18(14-30-20)8-9-22(32-23)21-6-5-7-25(33-21)34-10-11-39-28(2,3)27(34)36/h5-9,12-15H,10-11,16H2,1-4H3,(H,31,35). The molecular formula is C28H28N6O5S. The summed E-state index contributed by atoms with van der Waals surface area (Å²) >= 11 is 0. The third-order valence-electron chi connectivity index (χ3n) is 6.57. The van der Waals surface area contributed by atoms with Gasteiger partial charge in [0, 0.05) is 24.0 Å². The molecule has 0 atom stereocenters. The van der Waals surface area contributed by atoms with Crippen LogP contribution in [0.4, 0.5) is 5.82 Å². The minimum Gasteiger partial charge on any atom is -0.364 e. The molecule has 40 heavy (non-hydrogen) atoms. The van der Waals surface area contributed by atoms with Crippen molar-refractivity contribution in [3.05, 3.63) is 71.8 Å². The predicted molar refractivity (Wildman–Crippen MR) is 148 cm³/mol. The third-order valence-corrected chi connectivity index (χ3v) is 7.79. The van der Waals surface area contributed by atoms with Crippen LogP contribution in [0.2, 0.25) is 0 Å². The summed E-state index contributed by atoms with van der Waals surface area (Å²) in [7, 11) is -3.52. The Morgan fingerprint density at radius 1 is 1.07 bits per heavy atom. The number of pyridine rings is 4. The van der Waals surface area contributed by atoms with Crippen LogP contribution in [-0.2, 0) is 25.9 Å². The molecule has 2 amide bonds. The number of carbonyl (C=O) groups excluding carboxylic acids is 2. The van der Waals surface area contributed by atoms with Gasteiger partial charge in [-0.25, -0.2) is 18.4 Å². The first-order chi connectivity index (χ1) is 18.9. The van der Waals surface area contributed by atoms with Gasteiger partial charge >= 0.3 is 0 Å². The molecule has 12 heteroatoms. The Balaban J connectivity index is 1.36. The number of anilines is 1. The van der Waals surface area contributed by atoms with Gasteiger partial charge in [0.2, 0.25) is 0 Å². The molecule has 0 radical (unpaired) electrons. The zero-order valence-corrected chi connectivity index (χ0v) is 23.3. The molecule has 0 saturated carbocycles. The number of amides is 2. The number of hydrogen-bond donors (Lipinski definition) is 1. The van der Waals surface area contributed by atoms with E-state index < -0.39 is 21.3 Å². The van der Waals surface area contributed by atoms with E-state index in [9.17, 15) is 18.0 Å². The number of fused-ring (bicyclic) bond motifs is 1. The fourth-order valence-corrected chi connectivity index (χ4v) is 5.33. The molecule has 1 aliphatic rings. The maximum atomic E-state index is 12.9. The van der Waals surface area contributed by atoms with E-state index in [2.05, 4.69) is 15.3 Å². The summed E-state index contributed by atoms with van der Waals surface area (Å²) in [6, 6.07) is 12.3. The number of hydrogen-bond acceptors (Lipinski definition) is 9. The highest BCUT2D eigenvalue weighted by atomic mass is 32.2. The topological polar surface area (TPSA) is 144 Å². The van der Waals surface area contributed by atoms with Gasteiger partial charge in [0.05, 0.1) is 58.4 Å². The number of carbonyl (C=O) groups is 2. The molecule has 206 valence electrons. The monoisotopic (exact) mass is 560 g/mol. The molecule has 1 aliphatic heterocycles. The lowest BCUT2D eigenvalue weighted by Crippen LogP contribution is -2.53. The van der Waals surface area contributed by atoms with Crippen LogP contribution >= 0.6 is 0 Å². The number of aromatic nitrogens is 4. The van der Waals surface area contributed by atoms with Crippen LogP contribution in [-0.4, -0.2) is 65.2 Å². The minimum absolute atomic E-state index is 0.0140. The van der Waals surface area contributed by atoms with Crippen molar-refractivity contribution in [1.82, 2.24) is 25.3 Å².